The van der Waals surface area contributed by atoms with Crippen molar-refractivity contribution >= 4 is 29.2 Å². The Morgan fingerprint density at radius 3 is 2.32 bits per heavy atom. The molecule has 1 aliphatic rings. The molecule has 0 radical (unpaired) electrons. The summed E-state index contributed by atoms with van der Waals surface area (Å²) >= 11 is 0. The van der Waals surface area contributed by atoms with E-state index in [-0.39, 0.29) is 36.0 Å². The first-order chi connectivity index (χ1) is 16.5. The van der Waals surface area contributed by atoms with E-state index in [1.54, 1.807) is 46.2 Å². The molecule has 4 amide bonds. The summed E-state index contributed by atoms with van der Waals surface area (Å²) in [7, 11) is 0. The third-order valence-electron chi connectivity index (χ3n) is 5.21. The molecule has 1 aliphatic heterocycles. The average molecular weight is 466 g/mol. The van der Waals surface area contributed by atoms with E-state index < -0.39 is 0 Å². The van der Waals surface area contributed by atoms with Gasteiger partial charge in [0, 0.05) is 43.6 Å². The van der Waals surface area contributed by atoms with Crippen molar-refractivity contribution in [1.29, 1.82) is 0 Å². The van der Waals surface area contributed by atoms with E-state index >= 15 is 0 Å². The fourth-order valence-corrected chi connectivity index (χ4v) is 3.40. The highest BCUT2D eigenvalue weighted by molar-refractivity contribution is 6.02. The number of nitrogens with one attached hydrogen (secondary N) is 2. The lowest BCUT2D eigenvalue weighted by Crippen LogP contribution is -2.52. The van der Waals surface area contributed by atoms with Crippen LogP contribution in [0.15, 0.2) is 71.3 Å². The number of hydrogen-bond acceptors (Lipinski definition) is 5. The summed E-state index contributed by atoms with van der Waals surface area (Å²) < 4.78 is 23.7. The third kappa shape index (κ3) is 5.91. The molecule has 0 spiro atoms. The van der Waals surface area contributed by atoms with Crippen LogP contribution in [0.3, 0.4) is 0 Å². The maximum atomic E-state index is 13.0. The lowest BCUT2D eigenvalue weighted by atomic mass is 10.3. The van der Waals surface area contributed by atoms with Crippen LogP contribution in [-0.2, 0) is 4.79 Å². The Kier molecular flexibility index (Phi) is 7.07. The van der Waals surface area contributed by atoms with E-state index in [1.165, 1.54) is 30.5 Å². The lowest BCUT2D eigenvalue weighted by Gasteiger charge is -2.34. The molecule has 1 fully saturated rings. The number of hydrogen-bond donors (Lipinski definition) is 2. The van der Waals surface area contributed by atoms with Gasteiger partial charge in [-0.1, -0.05) is 6.07 Å². The van der Waals surface area contributed by atoms with Crippen LogP contribution in [0, 0.1) is 5.82 Å². The molecule has 9 nitrogen and oxygen atoms in total. The van der Waals surface area contributed by atoms with Crippen molar-refractivity contribution in [2.45, 2.75) is 0 Å². The number of anilines is 2. The van der Waals surface area contributed by atoms with Crippen LogP contribution in [0.5, 0.6) is 5.75 Å². The van der Waals surface area contributed by atoms with E-state index in [0.29, 0.717) is 43.3 Å². The summed E-state index contributed by atoms with van der Waals surface area (Å²) in [5.41, 5.74) is 1.01. The van der Waals surface area contributed by atoms with Crippen LogP contribution in [0.2, 0.25) is 0 Å². The van der Waals surface area contributed by atoms with Crippen molar-refractivity contribution in [2.75, 3.05) is 43.4 Å². The molecule has 1 aromatic heterocycles. The van der Waals surface area contributed by atoms with E-state index in [9.17, 15) is 18.8 Å². The standard InChI is InChI=1S/C24H23FN4O5/c25-17-6-8-18(9-7-17)27-24(32)29-12-10-28(11-13-29)22(30)16-34-20-4-1-3-19(15-20)26-23(31)21-5-2-14-33-21/h1-9,14-15H,10-13,16H2,(H,26,31)(H,27,32). The van der Waals surface area contributed by atoms with E-state index in [1.807, 2.05) is 0 Å². The second-order valence-corrected chi connectivity index (χ2v) is 7.55. The number of urea groups is 1. The number of nitrogens with zero attached hydrogens (tertiary/aromatic N) is 2. The zero-order valence-corrected chi connectivity index (χ0v) is 18.2. The molecule has 0 saturated carbocycles. The summed E-state index contributed by atoms with van der Waals surface area (Å²) in [5.74, 6) is -0.351. The van der Waals surface area contributed by atoms with Crippen LogP contribution in [0.25, 0.3) is 0 Å². The number of halogens is 1. The minimum absolute atomic E-state index is 0.169. The van der Waals surface area contributed by atoms with Crippen LogP contribution < -0.4 is 15.4 Å². The van der Waals surface area contributed by atoms with Crippen LogP contribution >= 0.6 is 0 Å². The molecule has 2 heterocycles. The minimum atomic E-state index is -0.389. The van der Waals surface area contributed by atoms with Crippen molar-refractivity contribution in [3.8, 4) is 5.75 Å². The van der Waals surface area contributed by atoms with Crippen molar-refractivity contribution in [3.05, 3.63) is 78.5 Å². The number of piperazine rings is 1. The fourth-order valence-electron chi connectivity index (χ4n) is 3.40. The molecule has 2 N–H and O–H groups in total. The maximum absolute atomic E-state index is 13.0. The van der Waals surface area contributed by atoms with Gasteiger partial charge in [0.1, 0.15) is 11.6 Å². The summed E-state index contributed by atoms with van der Waals surface area (Å²) in [6.45, 7) is 1.31. The molecule has 0 bridgehead atoms. The fraction of sp³-hybridized carbons (Fsp3) is 0.208. The molecule has 10 heteroatoms. The zero-order valence-electron chi connectivity index (χ0n) is 18.2. The monoisotopic (exact) mass is 466 g/mol. The molecule has 0 unspecified atom stereocenters. The van der Waals surface area contributed by atoms with Crippen LogP contribution in [0.1, 0.15) is 10.6 Å². The summed E-state index contributed by atoms with van der Waals surface area (Å²) in [4.78, 5) is 40.3. The summed E-state index contributed by atoms with van der Waals surface area (Å²) in [6, 6.07) is 15.1. The number of furan rings is 1. The first kappa shape index (κ1) is 22.8. The zero-order chi connectivity index (χ0) is 23.9. The van der Waals surface area contributed by atoms with E-state index in [0.717, 1.165) is 0 Å². The molecular formula is C24H23FN4O5. The molecule has 3 aromatic rings. The molecule has 0 aliphatic carbocycles. The van der Waals surface area contributed by atoms with Crippen LogP contribution in [-0.4, -0.2) is 60.4 Å². The van der Waals surface area contributed by atoms with Crippen LogP contribution in [0.4, 0.5) is 20.6 Å². The number of rotatable bonds is 6. The van der Waals surface area contributed by atoms with Gasteiger partial charge >= 0.3 is 6.03 Å². The Morgan fingerprint density at radius 2 is 1.62 bits per heavy atom. The van der Waals surface area contributed by atoms with Crippen molar-refractivity contribution in [2.24, 2.45) is 0 Å². The minimum Gasteiger partial charge on any atom is -0.484 e. The second-order valence-electron chi connectivity index (χ2n) is 7.55. The predicted octanol–water partition coefficient (Wildman–Crippen LogP) is 3.43. The molecule has 2 aromatic carbocycles. The highest BCUT2D eigenvalue weighted by atomic mass is 19.1. The largest absolute Gasteiger partial charge is 0.484 e. The Labute approximate surface area is 195 Å². The highest BCUT2D eigenvalue weighted by Crippen LogP contribution is 2.19. The number of benzene rings is 2. The molecule has 1 saturated heterocycles. The number of ether oxygens (including phenoxy) is 1. The first-order valence-corrected chi connectivity index (χ1v) is 10.6. The van der Waals surface area contributed by atoms with E-state index in [2.05, 4.69) is 10.6 Å². The number of carbonyl (C=O) groups is 3. The lowest BCUT2D eigenvalue weighted by molar-refractivity contribution is -0.134. The number of carbonyl (C=O) groups excluding carboxylic acids is 3. The SMILES string of the molecule is O=C(Nc1cccc(OCC(=O)N2CCN(C(=O)Nc3ccc(F)cc3)CC2)c1)c1ccco1. The maximum Gasteiger partial charge on any atom is 0.321 e. The van der Waals surface area contributed by atoms with Gasteiger partial charge in [0.25, 0.3) is 11.8 Å². The Morgan fingerprint density at radius 1 is 0.882 bits per heavy atom. The van der Waals surface area contributed by atoms with E-state index in [4.69, 9.17) is 9.15 Å². The van der Waals surface area contributed by atoms with Gasteiger partial charge in [-0.05, 0) is 48.5 Å². The van der Waals surface area contributed by atoms with Crippen molar-refractivity contribution in [3.63, 3.8) is 0 Å². The number of amides is 4. The molecular weight excluding hydrogens is 443 g/mol. The Balaban J connectivity index is 1.22. The van der Waals surface area contributed by atoms with Gasteiger partial charge in [0.05, 0.1) is 6.26 Å². The predicted molar refractivity (Wildman–Crippen MR) is 122 cm³/mol. The highest BCUT2D eigenvalue weighted by Gasteiger charge is 2.24. The molecule has 34 heavy (non-hydrogen) atoms. The molecule has 4 rings (SSSR count). The summed E-state index contributed by atoms with van der Waals surface area (Å²) in [6.07, 6.45) is 1.41. The quantitative estimate of drug-likeness (QED) is 0.579. The van der Waals surface area contributed by atoms with Crippen molar-refractivity contribution < 1.29 is 27.9 Å². The van der Waals surface area contributed by atoms with Gasteiger partial charge in [-0.3, -0.25) is 9.59 Å². The molecule has 0 atom stereocenters. The first-order valence-electron chi connectivity index (χ1n) is 10.6. The van der Waals surface area contributed by atoms with Gasteiger partial charge in [-0.25, -0.2) is 9.18 Å². The van der Waals surface area contributed by atoms with Crippen molar-refractivity contribution in [1.82, 2.24) is 9.80 Å². The van der Waals surface area contributed by atoms with Gasteiger partial charge in [-0.15, -0.1) is 0 Å². The normalized spacial score (nSPS) is 13.3. The topological polar surface area (TPSA) is 104 Å². The Bertz CT molecular complexity index is 1140. The second kappa shape index (κ2) is 10.5. The molecule has 176 valence electrons. The van der Waals surface area contributed by atoms with Gasteiger partial charge < -0.3 is 29.6 Å². The third-order valence-corrected chi connectivity index (χ3v) is 5.21. The average Bonchev–Trinajstić information content (AvgIpc) is 3.40. The van der Waals surface area contributed by atoms with Gasteiger partial charge in [0.15, 0.2) is 12.4 Å². The Hall–Kier alpha value is -4.34. The summed E-state index contributed by atoms with van der Waals surface area (Å²) in [5, 5.41) is 5.41. The van der Waals surface area contributed by atoms with Gasteiger partial charge in [-0.2, -0.15) is 0 Å². The smallest absolute Gasteiger partial charge is 0.321 e. The van der Waals surface area contributed by atoms with Gasteiger partial charge in [0.2, 0.25) is 0 Å².